The third-order valence-corrected chi connectivity index (χ3v) is 5.33. The summed E-state index contributed by atoms with van der Waals surface area (Å²) in [4.78, 5) is 24.9. The fourth-order valence-corrected chi connectivity index (χ4v) is 3.56. The average molecular weight is 473 g/mol. The zero-order valence-electron chi connectivity index (χ0n) is 17.3. The second-order valence-corrected chi connectivity index (χ2v) is 8.57. The van der Waals surface area contributed by atoms with E-state index in [1.807, 2.05) is 0 Å². The van der Waals surface area contributed by atoms with Crippen LogP contribution in [-0.2, 0) is 25.7 Å². The lowest BCUT2D eigenvalue weighted by Gasteiger charge is -2.23. The van der Waals surface area contributed by atoms with Crippen LogP contribution in [-0.4, -0.2) is 53.3 Å². The molecule has 2 rings (SSSR count). The quantitative estimate of drug-likeness (QED) is 0.545. The average Bonchev–Trinajstić information content (AvgIpc) is 2.71. The number of halogens is 3. The molecule has 2 N–H and O–H groups in total. The van der Waals surface area contributed by atoms with E-state index in [0.29, 0.717) is 10.4 Å². The molecule has 0 aliphatic rings. The van der Waals surface area contributed by atoms with E-state index in [2.05, 4.69) is 10.6 Å². The standard InChI is InChI=1S/C20H22F3N3O5S/c1-31-11-10-24-19(28)16-8-3-4-9-17(16)25-18(27)13-26(32(2,29)30)15-7-5-6-14(12-15)20(21,22)23/h3-9,12H,10-11,13H2,1-2H3,(H,24,28)(H,25,27). The molecule has 0 fully saturated rings. The Bertz CT molecular complexity index is 1070. The van der Waals surface area contributed by atoms with E-state index in [-0.39, 0.29) is 30.1 Å². The Balaban J connectivity index is 2.24. The molecule has 2 aromatic rings. The van der Waals surface area contributed by atoms with Crippen molar-refractivity contribution in [1.82, 2.24) is 5.32 Å². The Kier molecular flexibility index (Phi) is 8.22. The number of carbonyl (C=O) groups is 2. The Morgan fingerprint density at radius 3 is 2.41 bits per heavy atom. The van der Waals surface area contributed by atoms with Crippen molar-refractivity contribution in [2.45, 2.75) is 6.18 Å². The number of para-hydroxylation sites is 1. The van der Waals surface area contributed by atoms with Crippen LogP contribution in [0.15, 0.2) is 48.5 Å². The molecule has 0 spiro atoms. The first-order valence-electron chi connectivity index (χ1n) is 9.24. The second-order valence-electron chi connectivity index (χ2n) is 6.66. The summed E-state index contributed by atoms with van der Waals surface area (Å²) in [6.45, 7) is -0.282. The van der Waals surface area contributed by atoms with Gasteiger partial charge in [0.15, 0.2) is 0 Å². The molecule has 0 aromatic heterocycles. The molecular weight excluding hydrogens is 451 g/mol. The van der Waals surface area contributed by atoms with E-state index in [1.165, 1.54) is 19.2 Å². The van der Waals surface area contributed by atoms with E-state index in [4.69, 9.17) is 4.74 Å². The van der Waals surface area contributed by atoms with Gasteiger partial charge >= 0.3 is 6.18 Å². The van der Waals surface area contributed by atoms with Gasteiger partial charge in [0.2, 0.25) is 15.9 Å². The number of hydrogen-bond donors (Lipinski definition) is 2. The van der Waals surface area contributed by atoms with Crippen LogP contribution in [0.3, 0.4) is 0 Å². The molecule has 0 aliphatic carbocycles. The van der Waals surface area contributed by atoms with Crippen molar-refractivity contribution < 1.29 is 35.9 Å². The van der Waals surface area contributed by atoms with Gasteiger partial charge in [-0.1, -0.05) is 18.2 Å². The van der Waals surface area contributed by atoms with Crippen molar-refractivity contribution in [2.24, 2.45) is 0 Å². The molecule has 2 aromatic carbocycles. The summed E-state index contributed by atoms with van der Waals surface area (Å²) in [6, 6.07) is 9.68. The van der Waals surface area contributed by atoms with Crippen LogP contribution >= 0.6 is 0 Å². The van der Waals surface area contributed by atoms with E-state index >= 15 is 0 Å². The molecule has 0 atom stereocenters. The monoisotopic (exact) mass is 473 g/mol. The summed E-state index contributed by atoms with van der Waals surface area (Å²) in [5.41, 5.74) is -1.13. The van der Waals surface area contributed by atoms with E-state index in [9.17, 15) is 31.2 Å². The highest BCUT2D eigenvalue weighted by atomic mass is 32.2. The molecule has 0 unspecified atom stereocenters. The van der Waals surface area contributed by atoms with Gasteiger partial charge in [-0.15, -0.1) is 0 Å². The lowest BCUT2D eigenvalue weighted by molar-refractivity contribution is -0.137. The van der Waals surface area contributed by atoms with E-state index < -0.39 is 40.1 Å². The largest absolute Gasteiger partial charge is 0.416 e. The van der Waals surface area contributed by atoms with Crippen molar-refractivity contribution in [1.29, 1.82) is 0 Å². The minimum absolute atomic E-state index is 0.116. The van der Waals surface area contributed by atoms with Gasteiger partial charge in [0.05, 0.1) is 35.4 Å². The molecule has 2 amide bonds. The number of sulfonamides is 1. The number of carbonyl (C=O) groups excluding carboxylic acids is 2. The maximum Gasteiger partial charge on any atom is 0.416 e. The van der Waals surface area contributed by atoms with Gasteiger partial charge in [0.25, 0.3) is 5.91 Å². The number of rotatable bonds is 9. The molecule has 8 nitrogen and oxygen atoms in total. The number of amides is 2. The fourth-order valence-electron chi connectivity index (χ4n) is 2.71. The van der Waals surface area contributed by atoms with E-state index in [0.717, 1.165) is 24.5 Å². The van der Waals surface area contributed by atoms with Crippen molar-refractivity contribution in [3.63, 3.8) is 0 Å². The minimum Gasteiger partial charge on any atom is -0.383 e. The van der Waals surface area contributed by atoms with Crippen molar-refractivity contribution in [3.05, 3.63) is 59.7 Å². The first kappa shape index (κ1) is 25.1. The van der Waals surface area contributed by atoms with Crippen molar-refractivity contribution in [2.75, 3.05) is 42.7 Å². The summed E-state index contributed by atoms with van der Waals surface area (Å²) < 4.78 is 68.8. The predicted octanol–water partition coefficient (Wildman–Crippen LogP) is 2.49. The number of benzene rings is 2. The van der Waals surface area contributed by atoms with Crippen LogP contribution in [0.5, 0.6) is 0 Å². The molecule has 0 aliphatic heterocycles. The van der Waals surface area contributed by atoms with Gasteiger partial charge in [0.1, 0.15) is 6.54 Å². The SMILES string of the molecule is COCCNC(=O)c1ccccc1NC(=O)CN(c1cccc(C(F)(F)F)c1)S(C)(=O)=O. The van der Waals surface area contributed by atoms with Gasteiger partial charge in [-0.25, -0.2) is 8.42 Å². The number of nitrogens with zero attached hydrogens (tertiary/aromatic N) is 1. The maximum absolute atomic E-state index is 13.0. The summed E-state index contributed by atoms with van der Waals surface area (Å²) in [5, 5.41) is 5.04. The number of alkyl halides is 3. The normalized spacial score (nSPS) is 11.7. The van der Waals surface area contributed by atoms with Gasteiger partial charge < -0.3 is 15.4 Å². The molecule has 0 saturated heterocycles. The topological polar surface area (TPSA) is 105 Å². The third-order valence-electron chi connectivity index (χ3n) is 4.19. The van der Waals surface area contributed by atoms with Gasteiger partial charge in [0, 0.05) is 13.7 Å². The molecule has 174 valence electrons. The maximum atomic E-state index is 13.0. The summed E-state index contributed by atoms with van der Waals surface area (Å²) in [5.74, 6) is -1.33. The first-order valence-corrected chi connectivity index (χ1v) is 11.1. The third kappa shape index (κ3) is 6.95. The fraction of sp³-hybridized carbons (Fsp3) is 0.300. The predicted molar refractivity (Wildman–Crippen MR) is 113 cm³/mol. The molecule has 32 heavy (non-hydrogen) atoms. The van der Waals surface area contributed by atoms with Crippen molar-refractivity contribution in [3.8, 4) is 0 Å². The van der Waals surface area contributed by atoms with Gasteiger partial charge in [-0.3, -0.25) is 13.9 Å². The lowest BCUT2D eigenvalue weighted by atomic mass is 10.1. The highest BCUT2D eigenvalue weighted by Crippen LogP contribution is 2.32. The number of nitrogens with one attached hydrogen (secondary N) is 2. The number of hydrogen-bond acceptors (Lipinski definition) is 5. The van der Waals surface area contributed by atoms with Gasteiger partial charge in [-0.05, 0) is 30.3 Å². The zero-order valence-corrected chi connectivity index (χ0v) is 18.1. The van der Waals surface area contributed by atoms with Gasteiger partial charge in [-0.2, -0.15) is 13.2 Å². The number of methoxy groups -OCH3 is 1. The van der Waals surface area contributed by atoms with Crippen molar-refractivity contribution >= 4 is 33.2 Å². The smallest absolute Gasteiger partial charge is 0.383 e. The zero-order chi connectivity index (χ0) is 23.9. The molecule has 0 bridgehead atoms. The summed E-state index contributed by atoms with van der Waals surface area (Å²) in [7, 11) is -2.63. The Labute approximate surface area is 183 Å². The highest BCUT2D eigenvalue weighted by molar-refractivity contribution is 7.92. The molecular formula is C20H22F3N3O5S. The Morgan fingerprint density at radius 1 is 1.09 bits per heavy atom. The molecule has 0 radical (unpaired) electrons. The summed E-state index contributed by atoms with van der Waals surface area (Å²) >= 11 is 0. The van der Waals surface area contributed by atoms with Crippen LogP contribution in [0, 0.1) is 0 Å². The second kappa shape index (κ2) is 10.5. The molecule has 0 saturated carbocycles. The first-order chi connectivity index (χ1) is 14.9. The lowest BCUT2D eigenvalue weighted by Crippen LogP contribution is -2.38. The van der Waals surface area contributed by atoms with Crippen LogP contribution in [0.4, 0.5) is 24.5 Å². The Morgan fingerprint density at radius 2 is 1.78 bits per heavy atom. The Hall–Kier alpha value is -3.12. The number of ether oxygens (including phenoxy) is 1. The van der Waals surface area contributed by atoms with Crippen LogP contribution in [0.1, 0.15) is 15.9 Å². The molecule has 12 heteroatoms. The van der Waals surface area contributed by atoms with E-state index in [1.54, 1.807) is 12.1 Å². The van der Waals surface area contributed by atoms with Crippen LogP contribution in [0.2, 0.25) is 0 Å². The molecule has 0 heterocycles. The minimum atomic E-state index is -4.68. The van der Waals surface area contributed by atoms with Crippen LogP contribution < -0.4 is 14.9 Å². The summed E-state index contributed by atoms with van der Waals surface area (Å²) in [6.07, 6.45) is -3.91. The highest BCUT2D eigenvalue weighted by Gasteiger charge is 2.32. The van der Waals surface area contributed by atoms with Crippen LogP contribution in [0.25, 0.3) is 0 Å². The number of anilines is 2.